The molecule has 0 unspecified atom stereocenters. The first kappa shape index (κ1) is 20.6. The third kappa shape index (κ3) is 3.87. The maximum atomic E-state index is 12.0. The zero-order chi connectivity index (χ0) is 20.5. The second-order valence-corrected chi connectivity index (χ2v) is 9.46. The highest BCUT2D eigenvalue weighted by atomic mass is 16.4. The molecule has 1 aromatic carbocycles. The lowest BCUT2D eigenvalue weighted by atomic mass is 9.49. The molecule has 2 aliphatic rings. The summed E-state index contributed by atoms with van der Waals surface area (Å²) in [6.07, 6.45) is 7.45. The zero-order valence-electron chi connectivity index (χ0n) is 17.5. The first-order chi connectivity index (χ1) is 13.2. The van der Waals surface area contributed by atoms with E-state index in [9.17, 15) is 14.7 Å². The molecule has 4 heteroatoms. The Labute approximate surface area is 168 Å². The smallest absolute Gasteiger partial charge is 0.244 e. The van der Waals surface area contributed by atoms with Gasteiger partial charge < -0.3 is 15.2 Å². The van der Waals surface area contributed by atoms with Crippen LogP contribution in [0.25, 0.3) is 0 Å². The highest BCUT2D eigenvalue weighted by Gasteiger charge is 2.51. The molecular weight excluding hydrogens is 350 g/mol. The van der Waals surface area contributed by atoms with Crippen LogP contribution in [0.3, 0.4) is 0 Å². The standard InChI is InChI=1S/C24H33NO3/c1-16(2)17-6-8-19-18(14-17)7-9-20-23(3,12-5-13-24(19,20)4)15-25-21(26)10-11-22(27)28/h6,8,10-11,14,16,20H,5,7,9,12-13,15H2,1-4H3,(H,25,26)(H,27,28)/p-1/b11-10+/t20-,23-,24+/m0/s1. The highest BCUT2D eigenvalue weighted by Crippen LogP contribution is 2.57. The molecule has 0 saturated heterocycles. The molecule has 1 N–H and O–H groups in total. The van der Waals surface area contributed by atoms with Crippen LogP contribution in [0.4, 0.5) is 0 Å². The molecule has 28 heavy (non-hydrogen) atoms. The largest absolute Gasteiger partial charge is 0.545 e. The first-order valence-electron chi connectivity index (χ1n) is 10.5. The Morgan fingerprint density at radius 3 is 2.68 bits per heavy atom. The Balaban J connectivity index is 1.82. The predicted octanol–water partition coefficient (Wildman–Crippen LogP) is 3.24. The minimum atomic E-state index is -1.35. The maximum absolute atomic E-state index is 12.0. The summed E-state index contributed by atoms with van der Waals surface area (Å²) in [6, 6.07) is 7.04. The normalized spacial score (nSPS) is 29.4. The number of rotatable bonds is 5. The molecule has 1 amide bonds. The van der Waals surface area contributed by atoms with Gasteiger partial charge in [-0.05, 0) is 71.1 Å². The van der Waals surface area contributed by atoms with E-state index in [4.69, 9.17) is 0 Å². The van der Waals surface area contributed by atoms with Crippen molar-refractivity contribution in [1.82, 2.24) is 5.32 Å². The van der Waals surface area contributed by atoms with E-state index in [0.717, 1.165) is 37.8 Å². The van der Waals surface area contributed by atoms with Gasteiger partial charge in [0.2, 0.25) is 5.91 Å². The topological polar surface area (TPSA) is 69.2 Å². The maximum Gasteiger partial charge on any atom is 0.244 e. The van der Waals surface area contributed by atoms with Crippen molar-refractivity contribution in [2.45, 2.75) is 71.1 Å². The number of amides is 1. The van der Waals surface area contributed by atoms with E-state index in [0.29, 0.717) is 18.4 Å². The number of nitrogens with one attached hydrogen (secondary N) is 1. The Kier molecular flexibility index (Phi) is 5.69. The molecule has 0 aromatic heterocycles. The van der Waals surface area contributed by atoms with Crippen molar-refractivity contribution in [3.05, 3.63) is 47.0 Å². The molecule has 1 fully saturated rings. The van der Waals surface area contributed by atoms with E-state index in [-0.39, 0.29) is 16.7 Å². The van der Waals surface area contributed by atoms with Crippen LogP contribution < -0.4 is 10.4 Å². The summed E-state index contributed by atoms with van der Waals surface area (Å²) in [4.78, 5) is 22.5. The third-order valence-corrected chi connectivity index (χ3v) is 7.21. The molecule has 2 aliphatic carbocycles. The van der Waals surface area contributed by atoms with Crippen LogP contribution in [0.5, 0.6) is 0 Å². The molecule has 3 rings (SSSR count). The number of aryl methyl sites for hydroxylation is 1. The van der Waals surface area contributed by atoms with Crippen LogP contribution in [0.15, 0.2) is 30.4 Å². The van der Waals surface area contributed by atoms with Gasteiger partial charge in [-0.3, -0.25) is 4.79 Å². The Hall–Kier alpha value is -2.10. The van der Waals surface area contributed by atoms with Crippen molar-refractivity contribution in [1.29, 1.82) is 0 Å². The van der Waals surface area contributed by atoms with Gasteiger partial charge in [0.1, 0.15) is 0 Å². The van der Waals surface area contributed by atoms with Crippen molar-refractivity contribution >= 4 is 11.9 Å². The number of hydrogen-bond acceptors (Lipinski definition) is 3. The van der Waals surface area contributed by atoms with Gasteiger partial charge >= 0.3 is 0 Å². The first-order valence-corrected chi connectivity index (χ1v) is 10.5. The minimum absolute atomic E-state index is 0.00633. The van der Waals surface area contributed by atoms with E-state index in [1.807, 2.05) is 0 Å². The number of benzene rings is 1. The molecule has 0 aliphatic heterocycles. The van der Waals surface area contributed by atoms with Crippen LogP contribution in [0, 0.1) is 11.3 Å². The van der Waals surface area contributed by atoms with E-state index >= 15 is 0 Å². The Bertz CT molecular complexity index is 797. The van der Waals surface area contributed by atoms with Gasteiger partial charge in [-0.1, -0.05) is 52.3 Å². The van der Waals surface area contributed by atoms with Gasteiger partial charge in [-0.15, -0.1) is 0 Å². The van der Waals surface area contributed by atoms with Crippen LogP contribution in [-0.4, -0.2) is 18.4 Å². The van der Waals surface area contributed by atoms with Crippen LogP contribution in [0.1, 0.15) is 76.0 Å². The molecule has 1 saturated carbocycles. The molecule has 0 radical (unpaired) electrons. The summed E-state index contributed by atoms with van der Waals surface area (Å²) in [6.45, 7) is 9.74. The fourth-order valence-corrected chi connectivity index (χ4v) is 5.71. The lowest BCUT2D eigenvalue weighted by Gasteiger charge is -2.55. The SMILES string of the molecule is CC(C)c1ccc2c(c1)CC[C@H]1[C@](C)(CNC(=O)/C=C/C(=O)[O-])CCC[C@]21C. The van der Waals surface area contributed by atoms with Crippen molar-refractivity contribution < 1.29 is 14.7 Å². The average molecular weight is 383 g/mol. The van der Waals surface area contributed by atoms with Gasteiger partial charge in [0.05, 0.1) is 5.97 Å². The molecule has 3 atom stereocenters. The monoisotopic (exact) mass is 382 g/mol. The van der Waals surface area contributed by atoms with E-state index < -0.39 is 5.97 Å². The summed E-state index contributed by atoms with van der Waals surface area (Å²) < 4.78 is 0. The second kappa shape index (κ2) is 7.73. The van der Waals surface area contributed by atoms with Gasteiger partial charge in [0.25, 0.3) is 0 Å². The fourth-order valence-electron chi connectivity index (χ4n) is 5.71. The van der Waals surface area contributed by atoms with Gasteiger partial charge in [0, 0.05) is 12.6 Å². The summed E-state index contributed by atoms with van der Waals surface area (Å²) in [5.41, 5.74) is 4.53. The lowest BCUT2D eigenvalue weighted by molar-refractivity contribution is -0.297. The van der Waals surface area contributed by atoms with Crippen molar-refractivity contribution in [3.8, 4) is 0 Å². The molecular formula is C24H32NO3-. The zero-order valence-corrected chi connectivity index (χ0v) is 17.5. The minimum Gasteiger partial charge on any atom is -0.545 e. The highest BCUT2D eigenvalue weighted by molar-refractivity contribution is 5.93. The third-order valence-electron chi connectivity index (χ3n) is 7.21. The number of carboxylic acid groups (broad SMARTS) is 1. The van der Waals surface area contributed by atoms with E-state index in [1.54, 1.807) is 0 Å². The number of fused-ring (bicyclic) bond motifs is 3. The molecule has 0 spiro atoms. The summed E-state index contributed by atoms with van der Waals surface area (Å²) in [5.74, 6) is -0.681. The summed E-state index contributed by atoms with van der Waals surface area (Å²) in [5, 5.41) is 13.4. The van der Waals surface area contributed by atoms with Crippen LogP contribution >= 0.6 is 0 Å². The van der Waals surface area contributed by atoms with Crippen molar-refractivity contribution in [3.63, 3.8) is 0 Å². The molecule has 0 bridgehead atoms. The Morgan fingerprint density at radius 2 is 2.00 bits per heavy atom. The number of hydrogen-bond donors (Lipinski definition) is 1. The number of carboxylic acids is 1. The number of carbonyl (C=O) groups excluding carboxylic acids is 2. The van der Waals surface area contributed by atoms with E-state index in [1.165, 1.54) is 23.1 Å². The molecule has 4 nitrogen and oxygen atoms in total. The van der Waals surface area contributed by atoms with Crippen LogP contribution in [-0.2, 0) is 21.4 Å². The van der Waals surface area contributed by atoms with E-state index in [2.05, 4.69) is 51.2 Å². The van der Waals surface area contributed by atoms with Crippen molar-refractivity contribution in [2.24, 2.45) is 11.3 Å². The van der Waals surface area contributed by atoms with Gasteiger partial charge in [0.15, 0.2) is 0 Å². The summed E-state index contributed by atoms with van der Waals surface area (Å²) in [7, 11) is 0. The summed E-state index contributed by atoms with van der Waals surface area (Å²) >= 11 is 0. The quantitative estimate of drug-likeness (QED) is 0.795. The van der Waals surface area contributed by atoms with Gasteiger partial charge in [-0.25, -0.2) is 0 Å². The lowest BCUT2D eigenvalue weighted by Crippen LogP contribution is -2.53. The number of carbonyl (C=O) groups is 2. The molecule has 152 valence electrons. The number of aliphatic carboxylic acids is 1. The van der Waals surface area contributed by atoms with Crippen LogP contribution in [0.2, 0.25) is 0 Å². The fraction of sp³-hybridized carbons (Fsp3) is 0.583. The van der Waals surface area contributed by atoms with Gasteiger partial charge in [-0.2, -0.15) is 0 Å². The average Bonchev–Trinajstić information content (AvgIpc) is 2.64. The second-order valence-electron chi connectivity index (χ2n) is 9.46. The molecule has 1 aromatic rings. The molecule has 0 heterocycles. The Morgan fingerprint density at radius 1 is 1.25 bits per heavy atom. The van der Waals surface area contributed by atoms with Crippen molar-refractivity contribution in [2.75, 3.05) is 6.54 Å². The predicted molar refractivity (Wildman–Crippen MR) is 109 cm³/mol.